The lowest BCUT2D eigenvalue weighted by molar-refractivity contribution is -0.120. The van der Waals surface area contributed by atoms with Gasteiger partial charge in [-0.2, -0.15) is 0 Å². The first kappa shape index (κ1) is 25.5. The monoisotopic (exact) mass is 308 g/mol. The molecule has 2 nitrogen and oxygen atoms in total. The average molecular weight is 309 g/mol. The molecule has 0 heterocycles. The van der Waals surface area contributed by atoms with Crippen molar-refractivity contribution in [1.82, 2.24) is 0 Å². The molecule has 0 aromatic rings. The Bertz CT molecular complexity index is 383. The SMILES string of the molecule is C/C=C\C(=C/C)C(=O)C(C(/C=C\C)=C/C)C(C)O.CC.CC. The van der Waals surface area contributed by atoms with Crippen molar-refractivity contribution in [2.75, 3.05) is 0 Å². The van der Waals surface area contributed by atoms with E-state index in [-0.39, 0.29) is 5.78 Å². The number of carbonyl (C=O) groups is 1. The van der Waals surface area contributed by atoms with E-state index in [1.807, 2.05) is 79.7 Å². The Balaban J connectivity index is -0.000000826. The normalized spacial score (nSPS) is 14.8. The van der Waals surface area contributed by atoms with Crippen LogP contribution >= 0.6 is 0 Å². The van der Waals surface area contributed by atoms with Crippen molar-refractivity contribution in [2.45, 2.75) is 68.4 Å². The lowest BCUT2D eigenvalue weighted by atomic mass is 9.85. The number of hydrogen-bond acceptors (Lipinski definition) is 2. The number of Topliss-reactive ketones (excluding diaryl/α,β-unsaturated/α-hetero) is 1. The summed E-state index contributed by atoms with van der Waals surface area (Å²) in [5.74, 6) is -0.551. The second kappa shape index (κ2) is 17.6. The lowest BCUT2D eigenvalue weighted by Crippen LogP contribution is -2.28. The Morgan fingerprint density at radius 3 is 1.59 bits per heavy atom. The maximum atomic E-state index is 12.4. The van der Waals surface area contributed by atoms with Crippen LogP contribution in [-0.2, 0) is 4.79 Å². The van der Waals surface area contributed by atoms with Gasteiger partial charge < -0.3 is 5.11 Å². The smallest absolute Gasteiger partial charge is 0.172 e. The minimum atomic E-state index is -0.708. The molecule has 0 aromatic carbocycles. The van der Waals surface area contributed by atoms with E-state index in [1.54, 1.807) is 19.1 Å². The van der Waals surface area contributed by atoms with Crippen LogP contribution in [0.4, 0.5) is 0 Å². The van der Waals surface area contributed by atoms with Crippen LogP contribution in [0.15, 0.2) is 47.6 Å². The van der Waals surface area contributed by atoms with Crippen molar-refractivity contribution in [2.24, 2.45) is 5.92 Å². The molecule has 0 aromatic heterocycles. The lowest BCUT2D eigenvalue weighted by Gasteiger charge is -2.20. The molecule has 2 unspecified atom stereocenters. The fourth-order valence-corrected chi connectivity index (χ4v) is 1.90. The molecule has 0 saturated heterocycles. The molecule has 0 saturated carbocycles. The number of carbonyl (C=O) groups excluding carboxylic acids is 1. The molecule has 0 aliphatic heterocycles. The van der Waals surface area contributed by atoms with E-state index >= 15 is 0 Å². The topological polar surface area (TPSA) is 37.3 Å². The predicted molar refractivity (Wildman–Crippen MR) is 100 cm³/mol. The van der Waals surface area contributed by atoms with Crippen molar-refractivity contribution < 1.29 is 9.90 Å². The summed E-state index contributed by atoms with van der Waals surface area (Å²) in [6.45, 7) is 17.1. The number of allylic oxidation sites excluding steroid dienone is 7. The van der Waals surface area contributed by atoms with Gasteiger partial charge in [-0.25, -0.2) is 0 Å². The molecule has 1 N–H and O–H groups in total. The third kappa shape index (κ3) is 9.51. The Morgan fingerprint density at radius 1 is 0.864 bits per heavy atom. The highest BCUT2D eigenvalue weighted by molar-refractivity contribution is 6.01. The van der Waals surface area contributed by atoms with Crippen molar-refractivity contribution in [3.63, 3.8) is 0 Å². The largest absolute Gasteiger partial charge is 0.392 e. The van der Waals surface area contributed by atoms with E-state index in [9.17, 15) is 9.90 Å². The molecule has 0 fully saturated rings. The molecule has 0 radical (unpaired) electrons. The average Bonchev–Trinajstić information content (AvgIpc) is 2.55. The molecule has 0 rings (SSSR count). The summed E-state index contributed by atoms with van der Waals surface area (Å²) in [5, 5.41) is 9.88. The number of aliphatic hydroxyl groups is 1. The van der Waals surface area contributed by atoms with Gasteiger partial charge in [0.25, 0.3) is 0 Å². The molecular formula is C20H36O2. The first-order valence-electron chi connectivity index (χ1n) is 8.33. The summed E-state index contributed by atoms with van der Waals surface area (Å²) >= 11 is 0. The first-order valence-corrected chi connectivity index (χ1v) is 8.33. The third-order valence-corrected chi connectivity index (χ3v) is 2.76. The maximum absolute atomic E-state index is 12.4. The number of aliphatic hydroxyl groups excluding tert-OH is 1. The van der Waals surface area contributed by atoms with E-state index < -0.39 is 12.0 Å². The molecule has 0 aliphatic rings. The summed E-state index contributed by atoms with van der Waals surface area (Å²) < 4.78 is 0. The molecule has 128 valence electrons. The van der Waals surface area contributed by atoms with Gasteiger partial charge in [0.15, 0.2) is 5.78 Å². The van der Waals surface area contributed by atoms with E-state index in [2.05, 4.69) is 0 Å². The Morgan fingerprint density at radius 2 is 1.32 bits per heavy atom. The van der Waals surface area contributed by atoms with Gasteiger partial charge in [-0.3, -0.25) is 4.79 Å². The molecule has 22 heavy (non-hydrogen) atoms. The van der Waals surface area contributed by atoms with Crippen LogP contribution in [0.3, 0.4) is 0 Å². The van der Waals surface area contributed by atoms with Crippen LogP contribution in [0.2, 0.25) is 0 Å². The molecule has 0 bridgehead atoms. The second-order valence-corrected chi connectivity index (χ2v) is 4.12. The van der Waals surface area contributed by atoms with E-state index in [1.165, 1.54) is 0 Å². The van der Waals surface area contributed by atoms with Crippen LogP contribution in [0, 0.1) is 5.92 Å². The van der Waals surface area contributed by atoms with Crippen LogP contribution in [-0.4, -0.2) is 17.0 Å². The zero-order chi connectivity index (χ0) is 18.1. The minimum Gasteiger partial charge on any atom is -0.392 e. The zero-order valence-electron chi connectivity index (χ0n) is 16.0. The van der Waals surface area contributed by atoms with Crippen LogP contribution < -0.4 is 0 Å². The summed E-state index contributed by atoms with van der Waals surface area (Å²) in [6.07, 6.45) is 10.3. The van der Waals surface area contributed by atoms with Gasteiger partial charge in [0.05, 0.1) is 12.0 Å². The fourth-order valence-electron chi connectivity index (χ4n) is 1.90. The minimum absolute atomic E-state index is 0.0446. The van der Waals surface area contributed by atoms with E-state index in [0.29, 0.717) is 5.57 Å². The van der Waals surface area contributed by atoms with E-state index in [0.717, 1.165) is 5.57 Å². The summed E-state index contributed by atoms with van der Waals surface area (Å²) in [7, 11) is 0. The molecule has 0 amide bonds. The molecule has 0 aliphatic carbocycles. The molecule has 2 atom stereocenters. The van der Waals surface area contributed by atoms with Crippen LogP contribution in [0.1, 0.15) is 62.3 Å². The Kier molecular flexibility index (Phi) is 20.5. The number of rotatable bonds is 6. The Labute approximate surface area is 138 Å². The van der Waals surface area contributed by atoms with Gasteiger partial charge in [-0.15, -0.1) is 0 Å². The Hall–Kier alpha value is -1.41. The van der Waals surface area contributed by atoms with Gasteiger partial charge >= 0.3 is 0 Å². The summed E-state index contributed by atoms with van der Waals surface area (Å²) in [6, 6.07) is 0. The number of ketones is 1. The molecular weight excluding hydrogens is 272 g/mol. The zero-order valence-corrected chi connectivity index (χ0v) is 16.0. The van der Waals surface area contributed by atoms with Crippen molar-refractivity contribution in [3.05, 3.63) is 47.6 Å². The fraction of sp³-hybridized carbons (Fsp3) is 0.550. The summed E-state index contributed by atoms with van der Waals surface area (Å²) in [5.41, 5.74) is 1.48. The predicted octanol–water partition coefficient (Wildman–Crippen LogP) is 5.65. The van der Waals surface area contributed by atoms with Crippen molar-refractivity contribution >= 4 is 5.78 Å². The van der Waals surface area contributed by atoms with Crippen molar-refractivity contribution in [3.8, 4) is 0 Å². The third-order valence-electron chi connectivity index (χ3n) is 2.76. The van der Waals surface area contributed by atoms with Gasteiger partial charge in [-0.05, 0) is 40.2 Å². The van der Waals surface area contributed by atoms with Crippen LogP contribution in [0.25, 0.3) is 0 Å². The van der Waals surface area contributed by atoms with Gasteiger partial charge in [0.2, 0.25) is 0 Å². The number of hydrogen-bond donors (Lipinski definition) is 1. The van der Waals surface area contributed by atoms with Crippen molar-refractivity contribution in [1.29, 1.82) is 0 Å². The standard InChI is InChI=1S/C16H24O2.2C2H6/c1-6-10-13(8-3)15(12(5)17)16(18)14(9-4)11-7-2;2*1-2/h6-12,15,17H,1-5H3;2*1-2H3/b10-6-,11-7-,13-8+,14-9+;;. The highest BCUT2D eigenvalue weighted by Crippen LogP contribution is 2.22. The highest BCUT2D eigenvalue weighted by atomic mass is 16.3. The quantitative estimate of drug-likeness (QED) is 0.508. The second-order valence-electron chi connectivity index (χ2n) is 4.12. The van der Waals surface area contributed by atoms with Crippen LogP contribution in [0.5, 0.6) is 0 Å². The summed E-state index contributed by atoms with van der Waals surface area (Å²) in [4.78, 5) is 12.4. The molecule has 0 spiro atoms. The highest BCUT2D eigenvalue weighted by Gasteiger charge is 2.27. The van der Waals surface area contributed by atoms with Gasteiger partial charge in [0.1, 0.15) is 0 Å². The van der Waals surface area contributed by atoms with Gasteiger partial charge in [0, 0.05) is 5.57 Å². The van der Waals surface area contributed by atoms with E-state index in [4.69, 9.17) is 0 Å². The maximum Gasteiger partial charge on any atom is 0.172 e. The van der Waals surface area contributed by atoms with Gasteiger partial charge in [-0.1, -0.05) is 64.2 Å². The molecule has 2 heteroatoms. The first-order chi connectivity index (χ1) is 10.5.